The SMILES string of the molecule is Cl.O=C(NCCc1cn[nH]n1)C1CC12CCNCC2. The Balaban J connectivity index is 0.00000133. The van der Waals surface area contributed by atoms with Gasteiger partial charge in [-0.05, 0) is 37.8 Å². The van der Waals surface area contributed by atoms with Crippen molar-refractivity contribution in [3.05, 3.63) is 11.9 Å². The average molecular weight is 286 g/mol. The summed E-state index contributed by atoms with van der Waals surface area (Å²) in [5.74, 6) is 0.470. The average Bonchev–Trinajstić information content (AvgIpc) is 2.85. The number of hydrogen-bond acceptors (Lipinski definition) is 4. The van der Waals surface area contributed by atoms with Crippen molar-refractivity contribution in [1.82, 2.24) is 26.0 Å². The fourth-order valence-electron chi connectivity index (χ4n) is 2.98. The molecule has 3 N–H and O–H groups in total. The molecule has 1 aliphatic carbocycles. The predicted octanol–water partition coefficient (Wildman–Crippen LogP) is 0.275. The van der Waals surface area contributed by atoms with Gasteiger partial charge < -0.3 is 10.6 Å². The fourth-order valence-corrected chi connectivity index (χ4v) is 2.98. The zero-order valence-electron chi connectivity index (χ0n) is 10.8. The maximum absolute atomic E-state index is 12.0. The van der Waals surface area contributed by atoms with E-state index in [1.54, 1.807) is 6.20 Å². The first-order chi connectivity index (χ1) is 8.80. The number of hydrogen-bond donors (Lipinski definition) is 3. The van der Waals surface area contributed by atoms with Crippen molar-refractivity contribution in [1.29, 1.82) is 0 Å². The fraction of sp³-hybridized carbons (Fsp3) is 0.750. The molecule has 0 radical (unpaired) electrons. The molecule has 6 nitrogen and oxygen atoms in total. The maximum atomic E-state index is 12.0. The molecule has 1 aliphatic heterocycles. The Morgan fingerprint density at radius 3 is 2.95 bits per heavy atom. The number of nitrogens with one attached hydrogen (secondary N) is 3. The van der Waals surface area contributed by atoms with Crippen molar-refractivity contribution in [3.63, 3.8) is 0 Å². The van der Waals surface area contributed by atoms with Crippen molar-refractivity contribution >= 4 is 18.3 Å². The minimum atomic E-state index is 0. The van der Waals surface area contributed by atoms with Crippen LogP contribution in [0.3, 0.4) is 0 Å². The van der Waals surface area contributed by atoms with Gasteiger partial charge in [0.1, 0.15) is 0 Å². The molecular weight excluding hydrogens is 266 g/mol. The number of carbonyl (C=O) groups is 1. The molecule has 2 aliphatic rings. The van der Waals surface area contributed by atoms with Crippen LogP contribution in [0, 0.1) is 11.3 Å². The van der Waals surface area contributed by atoms with Gasteiger partial charge >= 0.3 is 0 Å². The number of rotatable bonds is 4. The summed E-state index contributed by atoms with van der Waals surface area (Å²) in [5, 5.41) is 16.6. The van der Waals surface area contributed by atoms with E-state index in [2.05, 4.69) is 26.0 Å². The minimum absolute atomic E-state index is 0. The molecule has 1 aromatic rings. The van der Waals surface area contributed by atoms with Gasteiger partial charge in [-0.1, -0.05) is 0 Å². The lowest BCUT2D eigenvalue weighted by molar-refractivity contribution is -0.123. The van der Waals surface area contributed by atoms with E-state index in [4.69, 9.17) is 0 Å². The number of nitrogens with zero attached hydrogens (tertiary/aromatic N) is 2. The van der Waals surface area contributed by atoms with Crippen molar-refractivity contribution in [3.8, 4) is 0 Å². The largest absolute Gasteiger partial charge is 0.355 e. The molecule has 19 heavy (non-hydrogen) atoms. The summed E-state index contributed by atoms with van der Waals surface area (Å²) in [7, 11) is 0. The molecular formula is C12H20ClN5O. The third-order valence-corrected chi connectivity index (χ3v) is 4.25. The highest BCUT2D eigenvalue weighted by Gasteiger charge is 2.57. The van der Waals surface area contributed by atoms with Crippen LogP contribution in [0.15, 0.2) is 6.20 Å². The molecule has 1 aromatic heterocycles. The topological polar surface area (TPSA) is 82.7 Å². The van der Waals surface area contributed by atoms with Crippen LogP contribution >= 0.6 is 12.4 Å². The first kappa shape index (κ1) is 14.3. The monoisotopic (exact) mass is 285 g/mol. The second kappa shape index (κ2) is 5.88. The van der Waals surface area contributed by atoms with Gasteiger partial charge in [-0.25, -0.2) is 0 Å². The van der Waals surface area contributed by atoms with Crippen LogP contribution in [-0.4, -0.2) is 41.0 Å². The molecule has 1 saturated carbocycles. The minimum Gasteiger partial charge on any atom is -0.355 e. The van der Waals surface area contributed by atoms with Gasteiger partial charge in [0.2, 0.25) is 5.91 Å². The van der Waals surface area contributed by atoms with Crippen molar-refractivity contribution in [2.45, 2.75) is 25.7 Å². The molecule has 106 valence electrons. The smallest absolute Gasteiger partial charge is 0.223 e. The zero-order valence-corrected chi connectivity index (χ0v) is 11.6. The van der Waals surface area contributed by atoms with E-state index in [0.29, 0.717) is 12.0 Å². The van der Waals surface area contributed by atoms with E-state index in [9.17, 15) is 4.79 Å². The van der Waals surface area contributed by atoms with Crippen LogP contribution < -0.4 is 10.6 Å². The molecule has 1 amide bonds. The van der Waals surface area contributed by atoms with E-state index in [-0.39, 0.29) is 24.2 Å². The van der Waals surface area contributed by atoms with Gasteiger partial charge in [0, 0.05) is 18.9 Å². The van der Waals surface area contributed by atoms with Crippen LogP contribution in [0.4, 0.5) is 0 Å². The number of halogens is 1. The number of piperidine rings is 1. The summed E-state index contributed by atoms with van der Waals surface area (Å²) < 4.78 is 0. The summed E-state index contributed by atoms with van der Waals surface area (Å²) in [6, 6.07) is 0. The highest BCUT2D eigenvalue weighted by atomic mass is 35.5. The standard InChI is InChI=1S/C12H19N5O.ClH/c18-11(14-4-1-9-8-15-17-16-9)10-7-12(10)2-5-13-6-3-12;/h8,10,13H,1-7H2,(H,14,18)(H,15,16,17);1H. The molecule has 1 saturated heterocycles. The Hall–Kier alpha value is -1.14. The van der Waals surface area contributed by atoms with Crippen LogP contribution in [0.5, 0.6) is 0 Å². The highest BCUT2D eigenvalue weighted by Crippen LogP contribution is 2.58. The Bertz CT molecular complexity index is 416. The van der Waals surface area contributed by atoms with Crippen LogP contribution in [0.25, 0.3) is 0 Å². The molecule has 1 atom stereocenters. The van der Waals surface area contributed by atoms with Gasteiger partial charge in [-0.2, -0.15) is 15.4 Å². The van der Waals surface area contributed by atoms with E-state index < -0.39 is 0 Å². The lowest BCUT2D eigenvalue weighted by atomic mass is 9.92. The first-order valence-corrected chi connectivity index (χ1v) is 6.63. The van der Waals surface area contributed by atoms with Gasteiger partial charge in [-0.3, -0.25) is 4.79 Å². The number of carbonyl (C=O) groups excluding carboxylic acids is 1. The van der Waals surface area contributed by atoms with E-state index in [1.807, 2.05) is 0 Å². The summed E-state index contributed by atoms with van der Waals surface area (Å²) in [5.41, 5.74) is 1.21. The molecule has 3 rings (SSSR count). The lowest BCUT2D eigenvalue weighted by Gasteiger charge is -2.23. The van der Waals surface area contributed by atoms with Crippen molar-refractivity contribution in [2.75, 3.05) is 19.6 Å². The molecule has 7 heteroatoms. The van der Waals surface area contributed by atoms with Crippen molar-refractivity contribution < 1.29 is 4.79 Å². The van der Waals surface area contributed by atoms with Crippen LogP contribution in [0.1, 0.15) is 25.0 Å². The van der Waals surface area contributed by atoms with Crippen molar-refractivity contribution in [2.24, 2.45) is 11.3 Å². The summed E-state index contributed by atoms with van der Waals surface area (Å²) in [6.45, 7) is 2.77. The van der Waals surface area contributed by atoms with E-state index in [1.165, 1.54) is 0 Å². The molecule has 1 unspecified atom stereocenters. The lowest BCUT2D eigenvalue weighted by Crippen LogP contribution is -2.34. The molecule has 2 heterocycles. The van der Waals surface area contributed by atoms with Gasteiger partial charge in [0.15, 0.2) is 0 Å². The summed E-state index contributed by atoms with van der Waals surface area (Å²) in [6.07, 6.45) is 5.80. The Morgan fingerprint density at radius 2 is 2.26 bits per heavy atom. The number of H-pyrrole nitrogens is 1. The third-order valence-electron chi connectivity index (χ3n) is 4.25. The zero-order chi connectivity index (χ0) is 12.4. The normalized spacial score (nSPS) is 23.7. The number of aromatic amines is 1. The highest BCUT2D eigenvalue weighted by molar-refractivity contribution is 5.85. The van der Waals surface area contributed by atoms with Gasteiger partial charge in [-0.15, -0.1) is 12.4 Å². The second-order valence-electron chi connectivity index (χ2n) is 5.37. The Labute approximate surface area is 118 Å². The molecule has 0 bridgehead atoms. The molecule has 2 fully saturated rings. The summed E-state index contributed by atoms with van der Waals surface area (Å²) >= 11 is 0. The quantitative estimate of drug-likeness (QED) is 0.742. The first-order valence-electron chi connectivity index (χ1n) is 6.63. The number of aromatic nitrogens is 3. The Morgan fingerprint density at radius 1 is 1.47 bits per heavy atom. The third kappa shape index (κ3) is 3.06. The van der Waals surface area contributed by atoms with Gasteiger partial charge in [0.25, 0.3) is 0 Å². The second-order valence-corrected chi connectivity index (χ2v) is 5.37. The summed E-state index contributed by atoms with van der Waals surface area (Å²) in [4.78, 5) is 12.0. The number of amides is 1. The van der Waals surface area contributed by atoms with Gasteiger partial charge in [0.05, 0.1) is 11.9 Å². The van der Waals surface area contributed by atoms with Crippen LogP contribution in [-0.2, 0) is 11.2 Å². The molecule has 0 aromatic carbocycles. The predicted molar refractivity (Wildman–Crippen MR) is 73.0 cm³/mol. The molecule has 1 spiro atoms. The maximum Gasteiger partial charge on any atom is 0.223 e. The van der Waals surface area contributed by atoms with E-state index >= 15 is 0 Å². The van der Waals surface area contributed by atoms with Crippen LogP contribution in [0.2, 0.25) is 0 Å². The van der Waals surface area contributed by atoms with E-state index in [0.717, 1.165) is 44.5 Å². The Kier molecular flexibility index (Phi) is 4.42.